The number of nitrogen functional groups attached to an aromatic ring is 1. The van der Waals surface area contributed by atoms with E-state index in [2.05, 4.69) is 10.3 Å². The Labute approximate surface area is 165 Å². The van der Waals surface area contributed by atoms with Crippen LogP contribution in [0.3, 0.4) is 0 Å². The first kappa shape index (κ1) is 19.6. The lowest BCUT2D eigenvalue weighted by atomic mass is 10.3. The van der Waals surface area contributed by atoms with Crippen molar-refractivity contribution in [3.8, 4) is 11.4 Å². The summed E-state index contributed by atoms with van der Waals surface area (Å²) in [5.41, 5.74) is 6.30. The Bertz CT molecular complexity index is 984. The van der Waals surface area contributed by atoms with E-state index < -0.39 is 5.56 Å². The van der Waals surface area contributed by atoms with Gasteiger partial charge in [0.15, 0.2) is 5.16 Å². The van der Waals surface area contributed by atoms with E-state index in [0.717, 1.165) is 17.5 Å². The number of hydrogen-bond acceptors (Lipinski definition) is 7. The number of carbonyl (C=O) groups is 1. The molecule has 3 aromatic rings. The number of nitrogens with zero attached hydrogens (tertiary/aromatic N) is 2. The summed E-state index contributed by atoms with van der Waals surface area (Å²) in [6.45, 7) is 2.76. The first-order chi connectivity index (χ1) is 13.6. The third-order valence-electron chi connectivity index (χ3n) is 3.70. The van der Waals surface area contributed by atoms with Crippen molar-refractivity contribution in [2.75, 3.05) is 18.1 Å². The van der Waals surface area contributed by atoms with Gasteiger partial charge in [0.1, 0.15) is 17.3 Å². The molecule has 9 heteroatoms. The summed E-state index contributed by atoms with van der Waals surface area (Å²) in [6, 6.07) is 12.0. The maximum Gasteiger partial charge on any atom is 0.275 e. The fourth-order valence-corrected chi connectivity index (χ4v) is 3.33. The third-order valence-corrected chi connectivity index (χ3v) is 4.64. The van der Waals surface area contributed by atoms with Crippen molar-refractivity contribution in [1.29, 1.82) is 0 Å². The number of nitrogens with two attached hydrogens (primary N) is 1. The second-order valence-electron chi connectivity index (χ2n) is 5.71. The minimum absolute atomic E-state index is 0.0770. The molecule has 0 aliphatic carbocycles. The molecule has 0 saturated carbocycles. The predicted molar refractivity (Wildman–Crippen MR) is 107 cm³/mol. The number of amides is 1. The van der Waals surface area contributed by atoms with Gasteiger partial charge < -0.3 is 20.2 Å². The topological polar surface area (TPSA) is 112 Å². The molecule has 0 radical (unpaired) electrons. The van der Waals surface area contributed by atoms with E-state index in [1.165, 1.54) is 6.07 Å². The maximum atomic E-state index is 12.1. The minimum Gasteiger partial charge on any atom is -0.494 e. The van der Waals surface area contributed by atoms with Gasteiger partial charge in [-0.3, -0.25) is 14.2 Å². The highest BCUT2D eigenvalue weighted by Gasteiger charge is 2.13. The fourth-order valence-electron chi connectivity index (χ4n) is 2.47. The van der Waals surface area contributed by atoms with Crippen LogP contribution >= 0.6 is 11.8 Å². The molecule has 3 N–H and O–H groups in total. The number of aromatic nitrogens is 2. The monoisotopic (exact) mass is 400 g/mol. The number of nitrogens with one attached hydrogen (secondary N) is 1. The van der Waals surface area contributed by atoms with Crippen molar-refractivity contribution >= 4 is 23.5 Å². The molecule has 0 spiro atoms. The van der Waals surface area contributed by atoms with Crippen molar-refractivity contribution in [1.82, 2.24) is 14.9 Å². The van der Waals surface area contributed by atoms with Crippen LogP contribution in [0.4, 0.5) is 5.82 Å². The summed E-state index contributed by atoms with van der Waals surface area (Å²) in [4.78, 5) is 27.9. The molecule has 3 rings (SSSR count). The van der Waals surface area contributed by atoms with Crippen LogP contribution in [-0.2, 0) is 11.3 Å². The molecule has 0 saturated heterocycles. The van der Waals surface area contributed by atoms with E-state index in [0.29, 0.717) is 29.8 Å². The smallest absolute Gasteiger partial charge is 0.275 e. The molecule has 8 nitrogen and oxygen atoms in total. The Balaban J connectivity index is 1.74. The average Bonchev–Trinajstić information content (AvgIpc) is 3.19. The minimum atomic E-state index is -0.460. The van der Waals surface area contributed by atoms with E-state index >= 15 is 0 Å². The van der Waals surface area contributed by atoms with E-state index in [1.54, 1.807) is 35.1 Å². The van der Waals surface area contributed by atoms with Crippen LogP contribution in [0.15, 0.2) is 63.1 Å². The molecule has 2 aromatic heterocycles. The molecule has 0 fully saturated rings. The van der Waals surface area contributed by atoms with Crippen molar-refractivity contribution in [3.63, 3.8) is 0 Å². The van der Waals surface area contributed by atoms with E-state index in [1.807, 2.05) is 19.1 Å². The lowest BCUT2D eigenvalue weighted by Crippen LogP contribution is -2.25. The first-order valence-electron chi connectivity index (χ1n) is 8.61. The Morgan fingerprint density at radius 2 is 2.11 bits per heavy atom. The van der Waals surface area contributed by atoms with Crippen LogP contribution in [0.25, 0.3) is 5.69 Å². The molecule has 0 atom stereocenters. The maximum absolute atomic E-state index is 12.1. The predicted octanol–water partition coefficient (Wildman–Crippen LogP) is 2.21. The molecule has 28 heavy (non-hydrogen) atoms. The third kappa shape index (κ3) is 4.95. The second kappa shape index (κ2) is 9.14. The van der Waals surface area contributed by atoms with E-state index in [-0.39, 0.29) is 17.5 Å². The number of benzene rings is 1. The van der Waals surface area contributed by atoms with Crippen molar-refractivity contribution in [2.45, 2.75) is 18.6 Å². The Kier molecular flexibility index (Phi) is 6.38. The molecule has 0 bridgehead atoms. The van der Waals surface area contributed by atoms with Gasteiger partial charge in [0, 0.05) is 11.8 Å². The lowest BCUT2D eigenvalue weighted by Gasteiger charge is -2.15. The summed E-state index contributed by atoms with van der Waals surface area (Å²) in [7, 11) is 0. The molecule has 1 aromatic carbocycles. The van der Waals surface area contributed by atoms with Crippen LogP contribution in [0.2, 0.25) is 0 Å². The molecule has 1 amide bonds. The van der Waals surface area contributed by atoms with Gasteiger partial charge in [-0.2, -0.15) is 4.98 Å². The first-order valence-corrected chi connectivity index (χ1v) is 9.60. The number of carbonyl (C=O) groups excluding carboxylic acids is 1. The van der Waals surface area contributed by atoms with E-state index in [9.17, 15) is 9.59 Å². The van der Waals surface area contributed by atoms with Gasteiger partial charge in [0.25, 0.3) is 5.56 Å². The molecule has 0 aliphatic rings. The van der Waals surface area contributed by atoms with Gasteiger partial charge in [-0.1, -0.05) is 11.8 Å². The summed E-state index contributed by atoms with van der Waals surface area (Å²) >= 11 is 1.13. The second-order valence-corrected chi connectivity index (χ2v) is 6.65. The zero-order valence-electron chi connectivity index (χ0n) is 15.3. The van der Waals surface area contributed by atoms with Crippen LogP contribution in [0.1, 0.15) is 12.7 Å². The zero-order valence-corrected chi connectivity index (χ0v) is 16.1. The highest BCUT2D eigenvalue weighted by Crippen LogP contribution is 2.24. The summed E-state index contributed by atoms with van der Waals surface area (Å²) < 4.78 is 12.2. The molecular formula is C19H20N4O4S. The molecule has 0 unspecified atom stereocenters. The number of thioether (sulfide) groups is 1. The van der Waals surface area contributed by atoms with Crippen LogP contribution in [0, 0.1) is 0 Å². The SMILES string of the molecule is CCOc1ccc(-n2c(N)cc(=O)nc2SCC(=O)NCc2ccco2)cc1. The fraction of sp³-hybridized carbons (Fsp3) is 0.211. The molecule has 2 heterocycles. The average molecular weight is 400 g/mol. The Morgan fingerprint density at radius 1 is 1.32 bits per heavy atom. The van der Waals surface area contributed by atoms with Crippen molar-refractivity contribution in [2.24, 2.45) is 0 Å². The standard InChI is InChI=1S/C19H20N4O4S/c1-2-26-14-7-5-13(6-8-14)23-16(20)10-17(24)22-19(23)28-12-18(25)21-11-15-4-3-9-27-15/h3-10H,2,11-12,20H2,1H3,(H,21,25). The molecular weight excluding hydrogens is 380 g/mol. The summed E-state index contributed by atoms with van der Waals surface area (Å²) in [6.07, 6.45) is 1.54. The lowest BCUT2D eigenvalue weighted by molar-refractivity contribution is -0.118. The number of ether oxygens (including phenoxy) is 1. The van der Waals surface area contributed by atoms with Crippen LogP contribution < -0.4 is 21.3 Å². The Morgan fingerprint density at radius 3 is 2.79 bits per heavy atom. The van der Waals surface area contributed by atoms with Gasteiger partial charge in [-0.15, -0.1) is 0 Å². The number of hydrogen-bond donors (Lipinski definition) is 2. The highest BCUT2D eigenvalue weighted by atomic mass is 32.2. The largest absolute Gasteiger partial charge is 0.494 e. The van der Waals surface area contributed by atoms with Crippen molar-refractivity contribution < 1.29 is 13.9 Å². The van der Waals surface area contributed by atoms with E-state index in [4.69, 9.17) is 14.9 Å². The summed E-state index contributed by atoms with van der Waals surface area (Å²) in [5.74, 6) is 1.49. The van der Waals surface area contributed by atoms with Crippen LogP contribution in [-0.4, -0.2) is 27.8 Å². The van der Waals surface area contributed by atoms with Crippen molar-refractivity contribution in [3.05, 3.63) is 64.8 Å². The highest BCUT2D eigenvalue weighted by molar-refractivity contribution is 7.99. The van der Waals surface area contributed by atoms with Gasteiger partial charge in [0.05, 0.1) is 25.2 Å². The van der Waals surface area contributed by atoms with Gasteiger partial charge >= 0.3 is 0 Å². The Hall–Kier alpha value is -3.20. The normalized spacial score (nSPS) is 10.6. The molecule has 0 aliphatic heterocycles. The van der Waals surface area contributed by atoms with Gasteiger partial charge in [-0.05, 0) is 43.3 Å². The number of anilines is 1. The van der Waals surface area contributed by atoms with Crippen LogP contribution in [0.5, 0.6) is 5.75 Å². The zero-order chi connectivity index (χ0) is 19.9. The van der Waals surface area contributed by atoms with Gasteiger partial charge in [-0.25, -0.2) is 0 Å². The summed E-state index contributed by atoms with van der Waals surface area (Å²) in [5, 5.41) is 3.08. The molecule has 146 valence electrons. The number of rotatable bonds is 8. The van der Waals surface area contributed by atoms with Gasteiger partial charge in [0.2, 0.25) is 5.91 Å². The number of furan rings is 1. The quantitative estimate of drug-likeness (QED) is 0.440.